The number of rotatable bonds is 5. The van der Waals surface area contributed by atoms with Crippen LogP contribution in [-0.2, 0) is 9.62 Å². The normalized spacial score (nSPS) is 10.0. The fourth-order valence-corrected chi connectivity index (χ4v) is 2.02. The lowest BCUT2D eigenvalue weighted by atomic mass is 9.98. The molecule has 0 spiro atoms. The molecule has 0 N–H and O–H groups in total. The summed E-state index contributed by atoms with van der Waals surface area (Å²) in [7, 11) is 4.22. The Morgan fingerprint density at radius 2 is 1.71 bits per heavy atom. The van der Waals surface area contributed by atoms with Crippen LogP contribution >= 0.6 is 0 Å². The maximum absolute atomic E-state index is 12.1. The monoisotopic (exact) mass is 288 g/mol. The lowest BCUT2D eigenvalue weighted by molar-refractivity contribution is -0.178. The van der Waals surface area contributed by atoms with Crippen LogP contribution in [0.1, 0.15) is 10.4 Å². The second kappa shape index (κ2) is 6.76. The third-order valence-electron chi connectivity index (χ3n) is 2.96. The maximum Gasteiger partial charge on any atom is 0.342 e. The molecule has 0 atom stereocenters. The Hall–Kier alpha value is -2.53. The first-order valence-corrected chi connectivity index (χ1v) is 6.27. The second-order valence-corrected chi connectivity index (χ2v) is 4.16. The van der Waals surface area contributed by atoms with Crippen LogP contribution in [0.15, 0.2) is 42.5 Å². The van der Waals surface area contributed by atoms with E-state index in [9.17, 15) is 4.79 Å². The Morgan fingerprint density at radius 3 is 2.29 bits per heavy atom. The number of hydrogen-bond acceptors (Lipinski definition) is 5. The van der Waals surface area contributed by atoms with Crippen molar-refractivity contribution in [2.45, 2.75) is 0 Å². The molecule has 0 aliphatic carbocycles. The first kappa shape index (κ1) is 14.9. The number of carbonyl (C=O) groups excluding carboxylic acids is 1. The van der Waals surface area contributed by atoms with Gasteiger partial charge in [-0.15, -0.1) is 0 Å². The number of esters is 1. The molecule has 5 heteroatoms. The Kier molecular flexibility index (Phi) is 4.79. The van der Waals surface area contributed by atoms with Gasteiger partial charge in [-0.05, 0) is 11.6 Å². The topological polar surface area (TPSA) is 54.0 Å². The van der Waals surface area contributed by atoms with Gasteiger partial charge in [0.05, 0.1) is 21.3 Å². The lowest BCUT2D eigenvalue weighted by Gasteiger charge is -2.14. The highest BCUT2D eigenvalue weighted by molar-refractivity contribution is 6.00. The SMILES string of the molecule is COOc1cc(OC)cc(-c2ccccc2)c1C(=O)OC. The summed E-state index contributed by atoms with van der Waals surface area (Å²) in [5.74, 6) is 0.277. The average Bonchev–Trinajstić information content (AvgIpc) is 2.54. The fraction of sp³-hybridized carbons (Fsp3) is 0.188. The van der Waals surface area contributed by atoms with Crippen LogP contribution < -0.4 is 9.62 Å². The van der Waals surface area contributed by atoms with Crippen molar-refractivity contribution in [1.82, 2.24) is 0 Å². The van der Waals surface area contributed by atoms with E-state index in [0.29, 0.717) is 11.3 Å². The van der Waals surface area contributed by atoms with Gasteiger partial charge in [0.25, 0.3) is 0 Å². The number of ether oxygens (including phenoxy) is 2. The fourth-order valence-electron chi connectivity index (χ4n) is 2.02. The summed E-state index contributed by atoms with van der Waals surface area (Å²) < 4.78 is 10.1. The van der Waals surface area contributed by atoms with Gasteiger partial charge in [-0.3, -0.25) is 0 Å². The molecule has 0 aromatic heterocycles. The van der Waals surface area contributed by atoms with Crippen molar-refractivity contribution >= 4 is 5.97 Å². The molecular weight excluding hydrogens is 272 g/mol. The molecule has 2 aromatic rings. The van der Waals surface area contributed by atoms with E-state index in [4.69, 9.17) is 19.2 Å². The van der Waals surface area contributed by atoms with E-state index in [2.05, 4.69) is 0 Å². The van der Waals surface area contributed by atoms with Gasteiger partial charge < -0.3 is 14.4 Å². The highest BCUT2D eigenvalue weighted by atomic mass is 17.2. The zero-order valence-corrected chi connectivity index (χ0v) is 12.1. The number of hydrogen-bond donors (Lipinski definition) is 0. The van der Waals surface area contributed by atoms with Crippen molar-refractivity contribution in [3.63, 3.8) is 0 Å². The largest absolute Gasteiger partial charge is 0.497 e. The number of methoxy groups -OCH3 is 2. The second-order valence-electron chi connectivity index (χ2n) is 4.16. The molecular formula is C16H16O5. The molecule has 0 aliphatic heterocycles. The summed E-state index contributed by atoms with van der Waals surface area (Å²) in [6, 6.07) is 12.8. The van der Waals surface area contributed by atoms with Crippen LogP contribution in [-0.4, -0.2) is 27.3 Å². The smallest absolute Gasteiger partial charge is 0.342 e. The van der Waals surface area contributed by atoms with Gasteiger partial charge in [-0.1, -0.05) is 30.3 Å². The van der Waals surface area contributed by atoms with E-state index in [1.807, 2.05) is 30.3 Å². The highest BCUT2D eigenvalue weighted by Crippen LogP contribution is 2.36. The van der Waals surface area contributed by atoms with Crippen LogP contribution in [0.4, 0.5) is 0 Å². The molecule has 0 heterocycles. The minimum atomic E-state index is -0.511. The van der Waals surface area contributed by atoms with Crippen molar-refractivity contribution in [1.29, 1.82) is 0 Å². The summed E-state index contributed by atoms with van der Waals surface area (Å²) in [4.78, 5) is 21.9. The van der Waals surface area contributed by atoms with Crippen molar-refractivity contribution in [2.75, 3.05) is 21.3 Å². The van der Waals surface area contributed by atoms with E-state index >= 15 is 0 Å². The van der Waals surface area contributed by atoms with Gasteiger partial charge >= 0.3 is 5.97 Å². The zero-order valence-electron chi connectivity index (χ0n) is 12.1. The minimum Gasteiger partial charge on any atom is -0.497 e. The first-order chi connectivity index (χ1) is 10.2. The van der Waals surface area contributed by atoms with Crippen molar-refractivity contribution in [2.24, 2.45) is 0 Å². The van der Waals surface area contributed by atoms with Crippen LogP contribution in [0, 0.1) is 0 Å². The van der Waals surface area contributed by atoms with Crippen LogP contribution in [0.2, 0.25) is 0 Å². The van der Waals surface area contributed by atoms with Crippen molar-refractivity contribution in [3.8, 4) is 22.6 Å². The average molecular weight is 288 g/mol. The van der Waals surface area contributed by atoms with Crippen molar-refractivity contribution in [3.05, 3.63) is 48.0 Å². The Morgan fingerprint density at radius 1 is 1.00 bits per heavy atom. The van der Waals surface area contributed by atoms with E-state index < -0.39 is 5.97 Å². The summed E-state index contributed by atoms with van der Waals surface area (Å²) in [5, 5.41) is 0. The molecule has 0 unspecified atom stereocenters. The Bertz CT molecular complexity index is 622. The summed E-state index contributed by atoms with van der Waals surface area (Å²) in [6.07, 6.45) is 0. The zero-order chi connectivity index (χ0) is 15.2. The van der Waals surface area contributed by atoms with E-state index in [1.54, 1.807) is 19.2 Å². The molecule has 21 heavy (non-hydrogen) atoms. The van der Waals surface area contributed by atoms with E-state index in [-0.39, 0.29) is 11.3 Å². The molecule has 0 amide bonds. The van der Waals surface area contributed by atoms with Crippen LogP contribution in [0.5, 0.6) is 11.5 Å². The number of benzene rings is 2. The Labute approximate surface area is 122 Å². The van der Waals surface area contributed by atoms with Crippen LogP contribution in [0.3, 0.4) is 0 Å². The highest BCUT2D eigenvalue weighted by Gasteiger charge is 2.22. The van der Waals surface area contributed by atoms with Gasteiger partial charge in [-0.2, -0.15) is 4.89 Å². The molecule has 0 saturated heterocycles. The molecule has 2 aromatic carbocycles. The Balaban J connectivity index is 2.70. The molecule has 0 radical (unpaired) electrons. The summed E-state index contributed by atoms with van der Waals surface area (Å²) >= 11 is 0. The van der Waals surface area contributed by atoms with Gasteiger partial charge in [0.15, 0.2) is 5.75 Å². The third-order valence-corrected chi connectivity index (χ3v) is 2.96. The minimum absolute atomic E-state index is 0.238. The molecule has 0 saturated carbocycles. The van der Waals surface area contributed by atoms with Gasteiger partial charge in [0.1, 0.15) is 11.3 Å². The lowest BCUT2D eigenvalue weighted by Crippen LogP contribution is -2.08. The standard InChI is InChI=1S/C16H16O5/c1-18-12-9-13(11-7-5-4-6-8-11)15(16(17)19-2)14(10-12)21-20-3/h4-10H,1-3H3. The van der Waals surface area contributed by atoms with Gasteiger partial charge in [-0.25, -0.2) is 4.79 Å². The van der Waals surface area contributed by atoms with Crippen molar-refractivity contribution < 1.29 is 24.0 Å². The van der Waals surface area contributed by atoms with E-state index in [1.165, 1.54) is 14.2 Å². The molecule has 0 aliphatic rings. The molecule has 0 bridgehead atoms. The predicted octanol–water partition coefficient (Wildman–Crippen LogP) is 3.09. The molecule has 110 valence electrons. The van der Waals surface area contributed by atoms with Gasteiger partial charge in [0, 0.05) is 11.6 Å². The predicted molar refractivity (Wildman–Crippen MR) is 77.4 cm³/mol. The number of carbonyl (C=O) groups is 1. The van der Waals surface area contributed by atoms with Crippen LogP contribution in [0.25, 0.3) is 11.1 Å². The molecule has 5 nitrogen and oxygen atoms in total. The molecule has 2 rings (SSSR count). The van der Waals surface area contributed by atoms with E-state index in [0.717, 1.165) is 5.56 Å². The first-order valence-electron chi connectivity index (χ1n) is 6.27. The quantitative estimate of drug-likeness (QED) is 0.481. The maximum atomic E-state index is 12.1. The van der Waals surface area contributed by atoms with Gasteiger partial charge in [0.2, 0.25) is 0 Å². The molecule has 0 fully saturated rings. The summed E-state index contributed by atoms with van der Waals surface area (Å²) in [6.45, 7) is 0. The summed E-state index contributed by atoms with van der Waals surface area (Å²) in [5.41, 5.74) is 1.78. The third kappa shape index (κ3) is 3.14.